The smallest absolute Gasteiger partial charge is 0.266 e. The highest BCUT2D eigenvalue weighted by Gasteiger charge is 2.21. The molecular formula is C12H20N4O2. The second-order valence-corrected chi connectivity index (χ2v) is 4.30. The molecule has 1 amide bonds. The zero-order chi connectivity index (χ0) is 13.4. The Morgan fingerprint density at radius 3 is 2.67 bits per heavy atom. The molecule has 0 aliphatic carbocycles. The number of rotatable bonds is 5. The Balaban J connectivity index is 2.49. The van der Waals surface area contributed by atoms with Gasteiger partial charge in [0.15, 0.2) is 0 Å². The molecule has 6 heteroatoms. The number of nitrogens with zero attached hydrogens (tertiary/aromatic N) is 3. The number of piperazine rings is 1. The molecule has 1 fully saturated rings. The number of likely N-dealkylation sites (N-methyl/N-ethyl adjacent to an activating group) is 1. The van der Waals surface area contributed by atoms with Gasteiger partial charge in [-0.15, -0.1) is 0 Å². The van der Waals surface area contributed by atoms with Crippen LogP contribution in [0.15, 0.2) is 11.8 Å². The van der Waals surface area contributed by atoms with Crippen LogP contribution in [0, 0.1) is 11.3 Å². The highest BCUT2D eigenvalue weighted by Crippen LogP contribution is 2.05. The minimum atomic E-state index is -0.220. The fraction of sp³-hybridized carbons (Fsp3) is 0.667. The number of aliphatic hydroxyl groups excluding tert-OH is 1. The van der Waals surface area contributed by atoms with Crippen molar-refractivity contribution in [1.82, 2.24) is 15.1 Å². The molecule has 0 spiro atoms. The van der Waals surface area contributed by atoms with Gasteiger partial charge in [-0.3, -0.25) is 4.79 Å². The van der Waals surface area contributed by atoms with Crippen LogP contribution in [-0.4, -0.2) is 67.2 Å². The summed E-state index contributed by atoms with van der Waals surface area (Å²) in [5.74, 6) is -0.220. The number of hydrogen-bond acceptors (Lipinski definition) is 5. The van der Waals surface area contributed by atoms with Crippen LogP contribution in [0.4, 0.5) is 0 Å². The highest BCUT2D eigenvalue weighted by molar-refractivity contribution is 5.97. The first-order valence-electron chi connectivity index (χ1n) is 6.11. The summed E-state index contributed by atoms with van der Waals surface area (Å²) in [6.45, 7) is 3.63. The van der Waals surface area contributed by atoms with Gasteiger partial charge in [0.1, 0.15) is 11.6 Å². The van der Waals surface area contributed by atoms with E-state index in [0.29, 0.717) is 26.1 Å². The third-order valence-electron chi connectivity index (χ3n) is 2.87. The summed E-state index contributed by atoms with van der Waals surface area (Å²) in [5, 5.41) is 20.5. The normalized spacial score (nSPS) is 17.4. The lowest BCUT2D eigenvalue weighted by molar-refractivity contribution is -0.128. The first kappa shape index (κ1) is 14.5. The van der Waals surface area contributed by atoms with Crippen molar-refractivity contribution in [2.24, 2.45) is 0 Å². The SMILES string of the molecule is CN1CCN(C(=O)/C(C#N)=C\NCCCO)CC1. The minimum absolute atomic E-state index is 0.0924. The van der Waals surface area contributed by atoms with Crippen molar-refractivity contribution in [3.8, 4) is 6.07 Å². The van der Waals surface area contributed by atoms with Crippen LogP contribution in [0.5, 0.6) is 0 Å². The molecule has 0 saturated carbocycles. The van der Waals surface area contributed by atoms with Crippen LogP contribution in [0.25, 0.3) is 0 Å². The predicted octanol–water partition coefficient (Wildman–Crippen LogP) is -0.860. The van der Waals surface area contributed by atoms with E-state index in [1.165, 1.54) is 6.20 Å². The highest BCUT2D eigenvalue weighted by atomic mass is 16.3. The van der Waals surface area contributed by atoms with Crippen molar-refractivity contribution < 1.29 is 9.90 Å². The quantitative estimate of drug-likeness (QED) is 0.378. The van der Waals surface area contributed by atoms with Crippen molar-refractivity contribution in [1.29, 1.82) is 5.26 Å². The molecule has 18 heavy (non-hydrogen) atoms. The number of nitriles is 1. The number of aliphatic hydroxyl groups is 1. The van der Waals surface area contributed by atoms with E-state index in [-0.39, 0.29) is 18.1 Å². The van der Waals surface area contributed by atoms with Gasteiger partial charge >= 0.3 is 0 Å². The second-order valence-electron chi connectivity index (χ2n) is 4.30. The molecule has 1 rings (SSSR count). The standard InChI is InChI=1S/C12H20N4O2/c1-15-4-6-16(7-5-15)12(18)11(9-13)10-14-3-2-8-17/h10,14,17H,2-8H2,1H3/b11-10-. The van der Waals surface area contributed by atoms with Gasteiger partial charge in [-0.05, 0) is 13.5 Å². The fourth-order valence-electron chi connectivity index (χ4n) is 1.68. The molecule has 6 nitrogen and oxygen atoms in total. The predicted molar refractivity (Wildman–Crippen MR) is 67.5 cm³/mol. The summed E-state index contributed by atoms with van der Waals surface area (Å²) in [6, 6.07) is 1.92. The van der Waals surface area contributed by atoms with Gasteiger partial charge in [0.25, 0.3) is 5.91 Å². The monoisotopic (exact) mass is 252 g/mol. The van der Waals surface area contributed by atoms with E-state index in [1.807, 2.05) is 13.1 Å². The molecule has 1 saturated heterocycles. The Hall–Kier alpha value is -1.58. The summed E-state index contributed by atoms with van der Waals surface area (Å²) >= 11 is 0. The van der Waals surface area contributed by atoms with E-state index in [0.717, 1.165) is 13.1 Å². The van der Waals surface area contributed by atoms with Gasteiger partial charge in [-0.1, -0.05) is 0 Å². The number of hydrogen-bond donors (Lipinski definition) is 2. The Morgan fingerprint density at radius 1 is 1.44 bits per heavy atom. The third-order valence-corrected chi connectivity index (χ3v) is 2.87. The molecule has 0 aromatic heterocycles. The van der Waals surface area contributed by atoms with Gasteiger partial charge in [0, 0.05) is 45.5 Å². The maximum Gasteiger partial charge on any atom is 0.266 e. The molecule has 1 aliphatic rings. The summed E-state index contributed by atoms with van der Waals surface area (Å²) in [7, 11) is 2.01. The number of carbonyl (C=O) groups is 1. The van der Waals surface area contributed by atoms with Crippen molar-refractivity contribution >= 4 is 5.91 Å². The topological polar surface area (TPSA) is 79.6 Å². The zero-order valence-electron chi connectivity index (χ0n) is 10.7. The summed E-state index contributed by atoms with van der Waals surface area (Å²) in [6.07, 6.45) is 2.04. The van der Waals surface area contributed by atoms with Crippen molar-refractivity contribution in [3.63, 3.8) is 0 Å². The van der Waals surface area contributed by atoms with Crippen LogP contribution in [-0.2, 0) is 4.79 Å². The molecule has 0 unspecified atom stereocenters. The van der Waals surface area contributed by atoms with Crippen molar-refractivity contribution in [2.75, 3.05) is 46.4 Å². The Kier molecular flexibility index (Phi) is 6.19. The first-order chi connectivity index (χ1) is 8.69. The Bertz CT molecular complexity index is 340. The largest absolute Gasteiger partial charge is 0.396 e. The van der Waals surface area contributed by atoms with Gasteiger partial charge in [0.2, 0.25) is 0 Å². The number of carbonyl (C=O) groups excluding carboxylic acids is 1. The van der Waals surface area contributed by atoms with Crippen molar-refractivity contribution in [2.45, 2.75) is 6.42 Å². The van der Waals surface area contributed by atoms with E-state index in [4.69, 9.17) is 10.4 Å². The summed E-state index contributed by atoms with van der Waals surface area (Å²) in [4.78, 5) is 15.9. The fourth-order valence-corrected chi connectivity index (χ4v) is 1.68. The first-order valence-corrected chi connectivity index (χ1v) is 6.11. The third kappa shape index (κ3) is 4.35. The maximum atomic E-state index is 12.0. The molecule has 0 radical (unpaired) electrons. The minimum Gasteiger partial charge on any atom is -0.396 e. The molecule has 0 bridgehead atoms. The van der Waals surface area contributed by atoms with Crippen LogP contribution >= 0.6 is 0 Å². The summed E-state index contributed by atoms with van der Waals surface area (Å²) in [5.41, 5.74) is 0.123. The van der Waals surface area contributed by atoms with E-state index >= 15 is 0 Å². The second kappa shape index (κ2) is 7.69. The Labute approximate surface area is 107 Å². The van der Waals surface area contributed by atoms with Crippen LogP contribution < -0.4 is 5.32 Å². The summed E-state index contributed by atoms with van der Waals surface area (Å²) < 4.78 is 0. The van der Waals surface area contributed by atoms with Gasteiger partial charge in [-0.2, -0.15) is 5.26 Å². The average Bonchev–Trinajstić information content (AvgIpc) is 2.39. The average molecular weight is 252 g/mol. The molecule has 0 aromatic carbocycles. The molecule has 1 aliphatic heterocycles. The van der Waals surface area contributed by atoms with E-state index in [2.05, 4.69) is 10.2 Å². The van der Waals surface area contributed by atoms with Crippen LogP contribution in [0.1, 0.15) is 6.42 Å². The lowest BCUT2D eigenvalue weighted by atomic mass is 10.2. The van der Waals surface area contributed by atoms with Crippen molar-refractivity contribution in [3.05, 3.63) is 11.8 Å². The van der Waals surface area contributed by atoms with E-state index in [9.17, 15) is 4.79 Å². The van der Waals surface area contributed by atoms with Crippen LogP contribution in [0.3, 0.4) is 0 Å². The molecule has 0 atom stereocenters. The van der Waals surface area contributed by atoms with E-state index < -0.39 is 0 Å². The van der Waals surface area contributed by atoms with E-state index in [1.54, 1.807) is 4.90 Å². The lowest BCUT2D eigenvalue weighted by Gasteiger charge is -2.32. The Morgan fingerprint density at radius 2 is 2.11 bits per heavy atom. The van der Waals surface area contributed by atoms with Gasteiger partial charge in [0.05, 0.1) is 0 Å². The molecule has 1 heterocycles. The van der Waals surface area contributed by atoms with Gasteiger partial charge in [-0.25, -0.2) is 0 Å². The number of nitrogens with one attached hydrogen (secondary N) is 1. The van der Waals surface area contributed by atoms with Crippen LogP contribution in [0.2, 0.25) is 0 Å². The zero-order valence-corrected chi connectivity index (χ0v) is 10.7. The molecular weight excluding hydrogens is 232 g/mol. The number of amides is 1. The lowest BCUT2D eigenvalue weighted by Crippen LogP contribution is -2.47. The maximum absolute atomic E-state index is 12.0. The molecule has 100 valence electrons. The molecule has 2 N–H and O–H groups in total. The molecule has 0 aromatic rings. The van der Waals surface area contributed by atoms with Gasteiger partial charge < -0.3 is 20.2 Å².